The molecule has 1 N–H and O–H groups in total. The lowest BCUT2D eigenvalue weighted by atomic mass is 10.0. The van der Waals surface area contributed by atoms with E-state index in [1.807, 2.05) is 0 Å². The maximum absolute atomic E-state index is 14.4. The van der Waals surface area contributed by atoms with Crippen LogP contribution in [0, 0.1) is 11.6 Å². The highest BCUT2D eigenvalue weighted by atomic mass is 19.4. The lowest BCUT2D eigenvalue weighted by Crippen LogP contribution is -2.12. The van der Waals surface area contributed by atoms with E-state index in [0.29, 0.717) is 28.7 Å². The third kappa shape index (κ3) is 5.23. The second-order valence-electron chi connectivity index (χ2n) is 7.84. The molecule has 0 fully saturated rings. The van der Waals surface area contributed by atoms with Crippen molar-refractivity contribution in [3.8, 4) is 17.0 Å². The van der Waals surface area contributed by atoms with Gasteiger partial charge in [-0.15, -0.1) is 0 Å². The van der Waals surface area contributed by atoms with Gasteiger partial charge in [-0.1, -0.05) is 12.1 Å². The van der Waals surface area contributed by atoms with Crippen LogP contribution in [0.2, 0.25) is 0 Å². The van der Waals surface area contributed by atoms with Crippen LogP contribution in [0.1, 0.15) is 35.5 Å². The van der Waals surface area contributed by atoms with E-state index in [1.165, 1.54) is 42.4 Å². The smallest absolute Gasteiger partial charge is 0.416 e. The number of hydrogen-bond acceptors (Lipinski definition) is 4. The molecule has 0 amide bonds. The van der Waals surface area contributed by atoms with Crippen molar-refractivity contribution in [1.29, 1.82) is 0 Å². The molecule has 0 spiro atoms. The highest BCUT2D eigenvalue weighted by Crippen LogP contribution is 2.32. The maximum atomic E-state index is 14.4. The SMILES string of the molecule is COc1cc(Cc2nc(-c3cnn(C(C)c4ccc(C(F)(F)F)cc4F)c3)cc(=O)[nH]2)ccc1F. The van der Waals surface area contributed by atoms with Gasteiger partial charge in [0.15, 0.2) is 11.6 Å². The summed E-state index contributed by atoms with van der Waals surface area (Å²) in [6.45, 7) is 1.58. The normalized spacial score (nSPS) is 12.5. The summed E-state index contributed by atoms with van der Waals surface area (Å²) in [5.41, 5.74) is -0.0692. The first-order valence-corrected chi connectivity index (χ1v) is 10.4. The van der Waals surface area contributed by atoms with Gasteiger partial charge in [0.1, 0.15) is 11.6 Å². The molecule has 4 rings (SSSR count). The number of alkyl halides is 3. The van der Waals surface area contributed by atoms with Crippen molar-refractivity contribution in [2.45, 2.75) is 25.6 Å². The van der Waals surface area contributed by atoms with Crippen LogP contribution in [-0.2, 0) is 12.6 Å². The van der Waals surface area contributed by atoms with Crippen LogP contribution in [0.25, 0.3) is 11.3 Å². The Hall–Kier alpha value is -4.02. The minimum atomic E-state index is -4.65. The Bertz CT molecular complexity index is 1430. The molecule has 0 bridgehead atoms. The van der Waals surface area contributed by atoms with Crippen LogP contribution in [0.3, 0.4) is 0 Å². The Morgan fingerprint density at radius 3 is 2.54 bits per heavy atom. The molecule has 0 saturated heterocycles. The number of aromatic nitrogens is 4. The Morgan fingerprint density at radius 1 is 1.09 bits per heavy atom. The molecule has 182 valence electrons. The van der Waals surface area contributed by atoms with E-state index in [9.17, 15) is 26.7 Å². The quantitative estimate of drug-likeness (QED) is 0.380. The van der Waals surface area contributed by atoms with Crippen molar-refractivity contribution >= 4 is 0 Å². The number of benzene rings is 2. The number of rotatable bonds is 6. The van der Waals surface area contributed by atoms with E-state index in [1.54, 1.807) is 13.0 Å². The average molecular weight is 490 g/mol. The van der Waals surface area contributed by atoms with Gasteiger partial charge in [0, 0.05) is 29.8 Å². The molecular formula is C24H19F5N4O2. The first-order chi connectivity index (χ1) is 16.5. The van der Waals surface area contributed by atoms with Crippen molar-refractivity contribution in [2.75, 3.05) is 7.11 Å². The zero-order chi connectivity index (χ0) is 25.3. The molecule has 0 aliphatic rings. The molecular weight excluding hydrogens is 471 g/mol. The fourth-order valence-corrected chi connectivity index (χ4v) is 3.61. The number of nitrogens with one attached hydrogen (secondary N) is 1. The number of nitrogens with zero attached hydrogens (tertiary/aromatic N) is 3. The van der Waals surface area contributed by atoms with Gasteiger partial charge in [0.05, 0.1) is 30.6 Å². The van der Waals surface area contributed by atoms with E-state index >= 15 is 0 Å². The van der Waals surface area contributed by atoms with Crippen molar-refractivity contribution < 1.29 is 26.7 Å². The second kappa shape index (κ2) is 9.32. The van der Waals surface area contributed by atoms with Gasteiger partial charge in [0.25, 0.3) is 5.56 Å². The van der Waals surface area contributed by atoms with Crippen molar-refractivity contribution in [3.05, 3.63) is 99.4 Å². The van der Waals surface area contributed by atoms with Crippen LogP contribution >= 0.6 is 0 Å². The molecule has 1 atom stereocenters. The van der Waals surface area contributed by atoms with Crippen LogP contribution in [-0.4, -0.2) is 26.9 Å². The molecule has 0 aliphatic carbocycles. The average Bonchev–Trinajstić information content (AvgIpc) is 3.29. The molecule has 0 saturated carbocycles. The summed E-state index contributed by atoms with van der Waals surface area (Å²) in [6.07, 6.45) is -1.51. The Morgan fingerprint density at radius 2 is 1.86 bits per heavy atom. The fourth-order valence-electron chi connectivity index (χ4n) is 3.61. The van der Waals surface area contributed by atoms with Gasteiger partial charge in [-0.2, -0.15) is 18.3 Å². The van der Waals surface area contributed by atoms with Crippen molar-refractivity contribution in [3.63, 3.8) is 0 Å². The Balaban J connectivity index is 1.60. The minimum absolute atomic E-state index is 0.0254. The number of methoxy groups -OCH3 is 1. The monoisotopic (exact) mass is 490 g/mol. The van der Waals surface area contributed by atoms with Gasteiger partial charge < -0.3 is 9.72 Å². The van der Waals surface area contributed by atoms with Crippen molar-refractivity contribution in [1.82, 2.24) is 19.7 Å². The number of ether oxygens (including phenoxy) is 1. The molecule has 0 aliphatic heterocycles. The van der Waals surface area contributed by atoms with E-state index in [2.05, 4.69) is 15.1 Å². The molecule has 2 heterocycles. The Labute approximate surface area is 196 Å². The third-order valence-electron chi connectivity index (χ3n) is 5.45. The van der Waals surface area contributed by atoms with Crippen molar-refractivity contribution in [2.24, 2.45) is 0 Å². The summed E-state index contributed by atoms with van der Waals surface area (Å²) in [7, 11) is 1.35. The van der Waals surface area contributed by atoms with E-state index in [4.69, 9.17) is 4.74 Å². The Kier molecular flexibility index (Phi) is 6.42. The molecule has 0 radical (unpaired) electrons. The first-order valence-electron chi connectivity index (χ1n) is 10.4. The molecule has 4 aromatic rings. The molecule has 11 heteroatoms. The first kappa shape index (κ1) is 24.1. The highest BCUT2D eigenvalue weighted by Gasteiger charge is 2.31. The lowest BCUT2D eigenvalue weighted by Gasteiger charge is -2.15. The second-order valence-corrected chi connectivity index (χ2v) is 7.84. The topological polar surface area (TPSA) is 72.8 Å². The number of hydrogen-bond donors (Lipinski definition) is 1. The summed E-state index contributed by atoms with van der Waals surface area (Å²) in [5, 5.41) is 4.17. The summed E-state index contributed by atoms with van der Waals surface area (Å²) in [6, 6.07) is 7.17. The van der Waals surface area contributed by atoms with E-state index < -0.39 is 35.0 Å². The number of H-pyrrole nitrogens is 1. The largest absolute Gasteiger partial charge is 0.494 e. The summed E-state index contributed by atoms with van der Waals surface area (Å²) in [4.78, 5) is 19.3. The maximum Gasteiger partial charge on any atom is 0.416 e. The zero-order valence-electron chi connectivity index (χ0n) is 18.5. The van der Waals surface area contributed by atoms with Crippen LogP contribution in [0.5, 0.6) is 5.75 Å². The van der Waals surface area contributed by atoms with Crippen LogP contribution in [0.4, 0.5) is 22.0 Å². The number of halogens is 5. The minimum Gasteiger partial charge on any atom is -0.494 e. The standard InChI is InChI=1S/C24H19F5N4O2/c1-13(17-5-4-16(9-19(17)26)24(27,28)29)33-12-15(11-30-33)20-10-23(34)32-22(31-20)8-14-3-6-18(25)21(7-14)35-2/h3-7,9-13H,8H2,1-2H3,(H,31,32,34). The van der Waals surface area contributed by atoms with Gasteiger partial charge in [-0.3, -0.25) is 9.48 Å². The van der Waals surface area contributed by atoms with Crippen LogP contribution in [0.15, 0.2) is 59.7 Å². The third-order valence-corrected chi connectivity index (χ3v) is 5.45. The molecule has 6 nitrogen and oxygen atoms in total. The predicted octanol–water partition coefficient (Wildman–Crippen LogP) is 5.14. The van der Waals surface area contributed by atoms with Gasteiger partial charge >= 0.3 is 6.18 Å². The zero-order valence-corrected chi connectivity index (χ0v) is 18.5. The molecule has 2 aromatic carbocycles. The van der Waals surface area contributed by atoms with Gasteiger partial charge in [-0.25, -0.2) is 13.8 Å². The van der Waals surface area contributed by atoms with E-state index in [0.717, 1.165) is 12.1 Å². The summed E-state index contributed by atoms with van der Waals surface area (Å²) >= 11 is 0. The summed E-state index contributed by atoms with van der Waals surface area (Å²) < 4.78 is 72.9. The fraction of sp³-hybridized carbons (Fsp3) is 0.208. The van der Waals surface area contributed by atoms with Gasteiger partial charge in [0.2, 0.25) is 0 Å². The lowest BCUT2D eigenvalue weighted by molar-refractivity contribution is -0.137. The van der Waals surface area contributed by atoms with Gasteiger partial charge in [-0.05, 0) is 36.8 Å². The predicted molar refractivity (Wildman–Crippen MR) is 117 cm³/mol. The van der Waals surface area contributed by atoms with Crippen LogP contribution < -0.4 is 10.3 Å². The summed E-state index contributed by atoms with van der Waals surface area (Å²) in [5.74, 6) is -1.14. The molecule has 35 heavy (non-hydrogen) atoms. The highest BCUT2D eigenvalue weighted by molar-refractivity contribution is 5.56. The van der Waals surface area contributed by atoms with E-state index in [-0.39, 0.29) is 17.7 Å². The number of aromatic amines is 1. The molecule has 2 aromatic heterocycles. The molecule has 1 unspecified atom stereocenters.